The zero-order chi connectivity index (χ0) is 23.0. The van der Waals surface area contributed by atoms with Crippen LogP contribution in [-0.2, 0) is 13.2 Å². The Labute approximate surface area is 192 Å². The Hall–Kier alpha value is -4.18. The van der Waals surface area contributed by atoms with Gasteiger partial charge in [0.1, 0.15) is 18.2 Å². The van der Waals surface area contributed by atoms with Crippen molar-refractivity contribution in [3.63, 3.8) is 0 Å². The number of hydrogen-bond acceptors (Lipinski definition) is 7. The Bertz CT molecular complexity index is 1250. The summed E-state index contributed by atoms with van der Waals surface area (Å²) in [5.41, 5.74) is 1.74. The van der Waals surface area contributed by atoms with Gasteiger partial charge in [0.05, 0.1) is 0 Å². The minimum absolute atomic E-state index is 0.100. The zero-order valence-electron chi connectivity index (χ0n) is 17.2. The smallest absolute Gasteiger partial charge is 0.286 e. The Balaban J connectivity index is 1.33. The van der Waals surface area contributed by atoms with Crippen molar-refractivity contribution in [2.45, 2.75) is 13.2 Å². The van der Waals surface area contributed by atoms with E-state index < -0.39 is 5.91 Å². The highest BCUT2D eigenvalue weighted by molar-refractivity contribution is 7.13. The van der Waals surface area contributed by atoms with Gasteiger partial charge in [0.15, 0.2) is 5.01 Å². The second-order valence-electron chi connectivity index (χ2n) is 6.82. The molecule has 2 aromatic heterocycles. The van der Waals surface area contributed by atoms with Crippen LogP contribution < -0.4 is 15.4 Å². The van der Waals surface area contributed by atoms with Crippen LogP contribution in [0.3, 0.4) is 0 Å². The molecule has 0 aliphatic rings. The van der Waals surface area contributed by atoms with Crippen LogP contribution in [0.1, 0.15) is 30.7 Å². The Kier molecular flexibility index (Phi) is 6.96. The number of nitrogens with zero attached hydrogens (tertiary/aromatic N) is 3. The lowest BCUT2D eigenvalue weighted by molar-refractivity contribution is 0.0949. The number of carbonyl (C=O) groups is 2. The van der Waals surface area contributed by atoms with E-state index >= 15 is 0 Å². The number of benzene rings is 2. The van der Waals surface area contributed by atoms with Crippen LogP contribution in [-0.4, -0.2) is 27.0 Å². The fourth-order valence-corrected chi connectivity index (χ4v) is 3.44. The van der Waals surface area contributed by atoms with Crippen LogP contribution in [0.2, 0.25) is 0 Å². The zero-order valence-corrected chi connectivity index (χ0v) is 18.0. The molecule has 0 unspecified atom stereocenters. The topological polar surface area (TPSA) is 106 Å². The SMILES string of the molecule is O=C(NCc1cccnc1)c1cccc(NC(=O)c2nnc(COc3ccc(F)cc3)s2)c1. The molecule has 10 heteroatoms. The van der Waals surface area contributed by atoms with E-state index in [1.54, 1.807) is 42.7 Å². The van der Waals surface area contributed by atoms with Crippen LogP contribution in [0.25, 0.3) is 0 Å². The summed E-state index contributed by atoms with van der Waals surface area (Å²) < 4.78 is 18.5. The van der Waals surface area contributed by atoms with Gasteiger partial charge in [0.25, 0.3) is 11.8 Å². The number of ether oxygens (including phenoxy) is 1. The van der Waals surface area contributed by atoms with Crippen molar-refractivity contribution in [2.24, 2.45) is 0 Å². The van der Waals surface area contributed by atoms with E-state index in [2.05, 4.69) is 25.8 Å². The molecule has 4 rings (SSSR count). The van der Waals surface area contributed by atoms with Gasteiger partial charge < -0.3 is 15.4 Å². The first kappa shape index (κ1) is 22.0. The van der Waals surface area contributed by atoms with E-state index in [-0.39, 0.29) is 23.3 Å². The largest absolute Gasteiger partial charge is 0.486 e. The quantitative estimate of drug-likeness (QED) is 0.411. The minimum Gasteiger partial charge on any atom is -0.486 e. The van der Waals surface area contributed by atoms with Crippen molar-refractivity contribution in [3.05, 3.63) is 100 Å². The molecule has 2 aromatic carbocycles. The molecule has 33 heavy (non-hydrogen) atoms. The van der Waals surface area contributed by atoms with Gasteiger partial charge in [-0.3, -0.25) is 14.6 Å². The number of halogens is 1. The van der Waals surface area contributed by atoms with Crippen LogP contribution >= 0.6 is 11.3 Å². The summed E-state index contributed by atoms with van der Waals surface area (Å²) in [6.07, 6.45) is 3.34. The molecule has 0 aliphatic carbocycles. The van der Waals surface area contributed by atoms with Gasteiger partial charge in [0.2, 0.25) is 5.01 Å². The number of amides is 2. The molecular formula is C23H18FN5O3S. The van der Waals surface area contributed by atoms with Crippen LogP contribution in [0.4, 0.5) is 10.1 Å². The maximum Gasteiger partial charge on any atom is 0.286 e. The van der Waals surface area contributed by atoms with Crippen molar-refractivity contribution in [1.29, 1.82) is 0 Å². The molecule has 0 saturated carbocycles. The Morgan fingerprint density at radius 3 is 2.64 bits per heavy atom. The first-order valence-corrected chi connectivity index (χ1v) is 10.7. The molecule has 2 amide bonds. The molecule has 0 fully saturated rings. The summed E-state index contributed by atoms with van der Waals surface area (Å²) in [7, 11) is 0. The number of rotatable bonds is 8. The molecular weight excluding hydrogens is 445 g/mol. The summed E-state index contributed by atoms with van der Waals surface area (Å²) in [5.74, 6) is -0.594. The van der Waals surface area contributed by atoms with Crippen molar-refractivity contribution in [2.75, 3.05) is 5.32 Å². The molecule has 0 saturated heterocycles. The highest BCUT2D eigenvalue weighted by Gasteiger charge is 2.15. The van der Waals surface area contributed by atoms with E-state index in [9.17, 15) is 14.0 Å². The monoisotopic (exact) mass is 463 g/mol. The minimum atomic E-state index is -0.451. The standard InChI is InChI=1S/C23H18FN5O3S/c24-17-6-8-19(9-7-17)32-14-20-28-29-23(33-20)22(31)27-18-5-1-4-16(11-18)21(30)26-13-15-3-2-10-25-12-15/h1-12H,13-14H2,(H,26,30)(H,27,31). The Morgan fingerprint density at radius 1 is 1.00 bits per heavy atom. The molecule has 0 atom stereocenters. The Morgan fingerprint density at radius 2 is 1.85 bits per heavy atom. The van der Waals surface area contributed by atoms with E-state index in [1.807, 2.05) is 6.07 Å². The van der Waals surface area contributed by atoms with Crippen molar-refractivity contribution in [1.82, 2.24) is 20.5 Å². The maximum absolute atomic E-state index is 13.0. The van der Waals surface area contributed by atoms with Crippen LogP contribution in [0.5, 0.6) is 5.75 Å². The highest BCUT2D eigenvalue weighted by Crippen LogP contribution is 2.18. The molecule has 0 bridgehead atoms. The molecule has 4 aromatic rings. The van der Waals surface area contributed by atoms with Gasteiger partial charge in [-0.15, -0.1) is 10.2 Å². The molecule has 0 radical (unpaired) electrons. The lowest BCUT2D eigenvalue weighted by atomic mass is 10.2. The average Bonchev–Trinajstić information content (AvgIpc) is 3.32. The van der Waals surface area contributed by atoms with E-state index in [0.29, 0.717) is 28.6 Å². The van der Waals surface area contributed by atoms with E-state index in [1.165, 1.54) is 24.3 Å². The predicted molar refractivity (Wildman–Crippen MR) is 120 cm³/mol. The number of pyridine rings is 1. The molecule has 166 valence electrons. The number of aromatic nitrogens is 3. The van der Waals surface area contributed by atoms with Gasteiger partial charge in [-0.05, 0) is 54.1 Å². The molecule has 2 N–H and O–H groups in total. The third kappa shape index (κ3) is 6.17. The first-order valence-electron chi connectivity index (χ1n) is 9.86. The summed E-state index contributed by atoms with van der Waals surface area (Å²) in [5, 5.41) is 14.0. The number of hydrogen-bond donors (Lipinski definition) is 2. The number of nitrogens with one attached hydrogen (secondary N) is 2. The van der Waals surface area contributed by atoms with Crippen molar-refractivity contribution >= 4 is 28.8 Å². The number of anilines is 1. The lowest BCUT2D eigenvalue weighted by Gasteiger charge is -2.07. The summed E-state index contributed by atoms with van der Waals surface area (Å²) in [6.45, 7) is 0.444. The van der Waals surface area contributed by atoms with Crippen molar-refractivity contribution in [3.8, 4) is 5.75 Å². The maximum atomic E-state index is 13.0. The summed E-state index contributed by atoms with van der Waals surface area (Å²) in [6, 6.07) is 15.8. The molecule has 8 nitrogen and oxygen atoms in total. The van der Waals surface area contributed by atoms with E-state index in [0.717, 1.165) is 16.9 Å². The fourth-order valence-electron chi connectivity index (χ4n) is 2.79. The number of carbonyl (C=O) groups excluding carboxylic acids is 2. The van der Waals surface area contributed by atoms with Gasteiger partial charge in [-0.2, -0.15) is 0 Å². The predicted octanol–water partition coefficient (Wildman–Crippen LogP) is 3.83. The van der Waals surface area contributed by atoms with Gasteiger partial charge in [-0.1, -0.05) is 23.5 Å². The molecule has 0 aliphatic heterocycles. The first-order chi connectivity index (χ1) is 16.1. The third-order valence-electron chi connectivity index (χ3n) is 4.40. The average molecular weight is 463 g/mol. The molecule has 0 spiro atoms. The van der Waals surface area contributed by atoms with E-state index in [4.69, 9.17) is 4.74 Å². The lowest BCUT2D eigenvalue weighted by Crippen LogP contribution is -2.23. The van der Waals surface area contributed by atoms with Crippen LogP contribution in [0.15, 0.2) is 73.1 Å². The normalized spacial score (nSPS) is 10.5. The summed E-state index contributed by atoms with van der Waals surface area (Å²) in [4.78, 5) is 29.0. The fraction of sp³-hybridized carbons (Fsp3) is 0.0870. The second-order valence-corrected chi connectivity index (χ2v) is 7.88. The second kappa shape index (κ2) is 10.4. The van der Waals surface area contributed by atoms with Gasteiger partial charge in [0, 0.05) is 30.2 Å². The summed E-state index contributed by atoms with van der Waals surface area (Å²) >= 11 is 1.08. The van der Waals surface area contributed by atoms with Crippen molar-refractivity contribution < 1.29 is 18.7 Å². The van der Waals surface area contributed by atoms with Crippen LogP contribution in [0, 0.1) is 5.82 Å². The third-order valence-corrected chi connectivity index (χ3v) is 5.29. The van der Waals surface area contributed by atoms with Gasteiger partial charge >= 0.3 is 0 Å². The molecule has 2 heterocycles. The van der Waals surface area contributed by atoms with Gasteiger partial charge in [-0.25, -0.2) is 4.39 Å². The highest BCUT2D eigenvalue weighted by atomic mass is 32.1.